The van der Waals surface area contributed by atoms with Gasteiger partial charge in [-0.25, -0.2) is 4.79 Å². The molecule has 1 aromatic carbocycles. The van der Waals surface area contributed by atoms with Crippen molar-refractivity contribution >= 4 is 23.3 Å². The Bertz CT molecular complexity index is 518. The van der Waals surface area contributed by atoms with Crippen LogP contribution in [0, 0.1) is 0 Å². The lowest BCUT2D eigenvalue weighted by molar-refractivity contribution is -0.00877. The van der Waals surface area contributed by atoms with Crippen molar-refractivity contribution in [3.8, 4) is 0 Å². The number of ether oxygens (including phenoxy) is 1. The summed E-state index contributed by atoms with van der Waals surface area (Å²) in [6.45, 7) is 1.33. The van der Waals surface area contributed by atoms with Crippen LogP contribution in [0.1, 0.15) is 36.0 Å². The lowest BCUT2D eigenvalue weighted by atomic mass is 9.89. The van der Waals surface area contributed by atoms with E-state index in [0.29, 0.717) is 23.9 Å². The fraction of sp³-hybridized carbons (Fsp3) is 0.533. The Balaban J connectivity index is 2.00. The van der Waals surface area contributed by atoms with Crippen LogP contribution in [0.3, 0.4) is 0 Å². The van der Waals surface area contributed by atoms with Crippen molar-refractivity contribution in [1.29, 1.82) is 0 Å². The minimum atomic E-state index is -0.929. The molecule has 108 valence electrons. The molecular weight excluding hydrogens is 278 g/mol. The van der Waals surface area contributed by atoms with E-state index in [2.05, 4.69) is 4.90 Å². The Morgan fingerprint density at radius 3 is 2.95 bits per heavy atom. The number of nitrogens with zero attached hydrogens (tertiary/aromatic N) is 1. The molecule has 1 N–H and O–H groups in total. The molecule has 1 saturated heterocycles. The Morgan fingerprint density at radius 2 is 2.15 bits per heavy atom. The number of carboxylic acid groups (broad SMARTS) is 1. The normalized spacial score (nSPS) is 26.1. The van der Waals surface area contributed by atoms with E-state index < -0.39 is 5.97 Å². The molecule has 1 aliphatic carbocycles. The molecule has 5 heteroatoms. The number of carboxylic acids is 1. The molecule has 0 bridgehead atoms. The van der Waals surface area contributed by atoms with Gasteiger partial charge < -0.3 is 14.7 Å². The largest absolute Gasteiger partial charge is 0.478 e. The minimum absolute atomic E-state index is 0.204. The highest BCUT2D eigenvalue weighted by Gasteiger charge is 2.36. The second kappa shape index (κ2) is 5.62. The molecule has 2 aliphatic rings. The van der Waals surface area contributed by atoms with Gasteiger partial charge >= 0.3 is 5.97 Å². The van der Waals surface area contributed by atoms with Crippen molar-refractivity contribution in [2.45, 2.75) is 37.8 Å². The number of carbonyl (C=O) groups is 1. The number of hydrogen-bond donors (Lipinski definition) is 1. The summed E-state index contributed by atoms with van der Waals surface area (Å²) in [6.07, 6.45) is 4.63. The predicted molar refractivity (Wildman–Crippen MR) is 77.8 cm³/mol. The molecule has 3 rings (SSSR count). The van der Waals surface area contributed by atoms with E-state index >= 15 is 0 Å². The lowest BCUT2D eigenvalue weighted by Gasteiger charge is -2.45. The first kappa shape index (κ1) is 13.7. The van der Waals surface area contributed by atoms with Crippen molar-refractivity contribution in [2.75, 3.05) is 18.1 Å². The van der Waals surface area contributed by atoms with Gasteiger partial charge in [0.1, 0.15) is 0 Å². The van der Waals surface area contributed by atoms with Crippen LogP contribution in [-0.2, 0) is 4.74 Å². The Kier molecular flexibility index (Phi) is 3.85. The number of para-hydroxylation sites is 1. The van der Waals surface area contributed by atoms with Crippen LogP contribution in [0.5, 0.6) is 0 Å². The second-order valence-corrected chi connectivity index (χ2v) is 5.80. The van der Waals surface area contributed by atoms with E-state index in [1.165, 1.54) is 6.42 Å². The summed E-state index contributed by atoms with van der Waals surface area (Å²) in [6, 6.07) is 5.32. The molecule has 0 aromatic heterocycles. The monoisotopic (exact) mass is 295 g/mol. The van der Waals surface area contributed by atoms with E-state index in [-0.39, 0.29) is 17.7 Å². The topological polar surface area (TPSA) is 49.8 Å². The predicted octanol–water partition coefficient (Wildman–Crippen LogP) is 3.19. The molecule has 0 radical (unpaired) electrons. The summed E-state index contributed by atoms with van der Waals surface area (Å²) in [5.74, 6) is -0.929. The highest BCUT2D eigenvalue weighted by atomic mass is 35.5. The second-order valence-electron chi connectivity index (χ2n) is 5.40. The number of hydrogen-bond acceptors (Lipinski definition) is 3. The molecule has 2 atom stereocenters. The minimum Gasteiger partial charge on any atom is -0.478 e. The van der Waals surface area contributed by atoms with Crippen LogP contribution < -0.4 is 4.90 Å². The zero-order chi connectivity index (χ0) is 14.1. The van der Waals surface area contributed by atoms with Crippen LogP contribution in [0.25, 0.3) is 0 Å². The fourth-order valence-electron chi connectivity index (χ4n) is 3.35. The van der Waals surface area contributed by atoms with Gasteiger partial charge in [-0.15, -0.1) is 0 Å². The van der Waals surface area contributed by atoms with Gasteiger partial charge in [0, 0.05) is 6.54 Å². The van der Waals surface area contributed by atoms with Gasteiger partial charge in [-0.3, -0.25) is 0 Å². The standard InChI is InChI=1S/C15H18ClNO3/c16-11-5-3-4-10(15(18)19)14(11)17-8-9-20-13-7-2-1-6-12(13)17/h3-5,12-13H,1-2,6-9H2,(H,18,19). The lowest BCUT2D eigenvalue weighted by Crippen LogP contribution is -2.53. The van der Waals surface area contributed by atoms with Gasteiger partial charge in [0.25, 0.3) is 0 Å². The van der Waals surface area contributed by atoms with Crippen molar-refractivity contribution in [3.05, 3.63) is 28.8 Å². The van der Waals surface area contributed by atoms with Gasteiger partial charge in [0.2, 0.25) is 0 Å². The summed E-state index contributed by atoms with van der Waals surface area (Å²) in [5, 5.41) is 9.91. The van der Waals surface area contributed by atoms with Crippen molar-refractivity contribution < 1.29 is 14.6 Å². The molecule has 1 saturated carbocycles. The summed E-state index contributed by atoms with van der Waals surface area (Å²) < 4.78 is 5.84. The number of halogens is 1. The summed E-state index contributed by atoms with van der Waals surface area (Å²) in [4.78, 5) is 13.6. The van der Waals surface area contributed by atoms with Crippen LogP contribution in [0.15, 0.2) is 18.2 Å². The van der Waals surface area contributed by atoms with Crippen LogP contribution >= 0.6 is 11.6 Å². The molecule has 20 heavy (non-hydrogen) atoms. The Morgan fingerprint density at radius 1 is 1.35 bits per heavy atom. The fourth-order valence-corrected chi connectivity index (χ4v) is 3.64. The maximum absolute atomic E-state index is 11.5. The maximum Gasteiger partial charge on any atom is 0.337 e. The third-order valence-corrected chi connectivity index (χ3v) is 4.54. The van der Waals surface area contributed by atoms with Crippen molar-refractivity contribution in [3.63, 3.8) is 0 Å². The number of fused-ring (bicyclic) bond motifs is 1. The smallest absolute Gasteiger partial charge is 0.337 e. The van der Waals surface area contributed by atoms with Crippen LogP contribution in [0.4, 0.5) is 5.69 Å². The van der Waals surface area contributed by atoms with Crippen LogP contribution in [0.2, 0.25) is 5.02 Å². The first-order chi connectivity index (χ1) is 9.68. The Hall–Kier alpha value is -1.26. The summed E-state index contributed by atoms with van der Waals surface area (Å²) >= 11 is 6.29. The van der Waals surface area contributed by atoms with Gasteiger partial charge in [-0.05, 0) is 25.0 Å². The molecule has 4 nitrogen and oxygen atoms in total. The number of rotatable bonds is 2. The zero-order valence-corrected chi connectivity index (χ0v) is 12.0. The highest BCUT2D eigenvalue weighted by Crippen LogP contribution is 2.37. The number of anilines is 1. The molecular formula is C15H18ClNO3. The van der Waals surface area contributed by atoms with E-state index in [4.69, 9.17) is 16.3 Å². The van der Waals surface area contributed by atoms with E-state index in [1.54, 1.807) is 18.2 Å². The van der Waals surface area contributed by atoms with Gasteiger partial charge in [-0.2, -0.15) is 0 Å². The average molecular weight is 296 g/mol. The average Bonchev–Trinajstić information content (AvgIpc) is 2.46. The molecule has 0 amide bonds. The third-order valence-electron chi connectivity index (χ3n) is 4.24. The number of aromatic carboxylic acids is 1. The van der Waals surface area contributed by atoms with E-state index in [1.807, 2.05) is 0 Å². The maximum atomic E-state index is 11.5. The molecule has 2 fully saturated rings. The zero-order valence-electron chi connectivity index (χ0n) is 11.2. The molecule has 1 heterocycles. The van der Waals surface area contributed by atoms with Gasteiger partial charge in [0.05, 0.1) is 35.0 Å². The highest BCUT2D eigenvalue weighted by molar-refractivity contribution is 6.34. The van der Waals surface area contributed by atoms with Crippen molar-refractivity contribution in [1.82, 2.24) is 0 Å². The van der Waals surface area contributed by atoms with E-state index in [0.717, 1.165) is 19.3 Å². The van der Waals surface area contributed by atoms with Gasteiger partial charge in [0.15, 0.2) is 0 Å². The number of benzene rings is 1. The first-order valence-corrected chi connectivity index (χ1v) is 7.46. The molecule has 2 unspecified atom stereocenters. The molecule has 0 spiro atoms. The van der Waals surface area contributed by atoms with Gasteiger partial charge in [-0.1, -0.05) is 30.5 Å². The Labute approximate surface area is 123 Å². The van der Waals surface area contributed by atoms with E-state index in [9.17, 15) is 9.90 Å². The van der Waals surface area contributed by atoms with Crippen LogP contribution in [-0.4, -0.2) is 36.4 Å². The molecule has 1 aromatic rings. The summed E-state index contributed by atoms with van der Waals surface area (Å²) in [7, 11) is 0. The quantitative estimate of drug-likeness (QED) is 0.910. The SMILES string of the molecule is O=C(O)c1cccc(Cl)c1N1CCOC2CCCCC21. The van der Waals surface area contributed by atoms with Crippen molar-refractivity contribution in [2.24, 2.45) is 0 Å². The number of morpholine rings is 1. The summed E-state index contributed by atoms with van der Waals surface area (Å²) in [5.41, 5.74) is 0.936. The first-order valence-electron chi connectivity index (χ1n) is 7.08. The third kappa shape index (κ3) is 2.38. The molecule has 1 aliphatic heterocycles.